The molecule has 5 heteroatoms. The van der Waals surface area contributed by atoms with Crippen LogP contribution >= 0.6 is 0 Å². The van der Waals surface area contributed by atoms with E-state index in [0.29, 0.717) is 6.02 Å². The summed E-state index contributed by atoms with van der Waals surface area (Å²) >= 11 is 0. The summed E-state index contributed by atoms with van der Waals surface area (Å²) < 4.78 is 11.0. The largest absolute Gasteiger partial charge is 0.497 e. The van der Waals surface area contributed by atoms with Gasteiger partial charge in [0.2, 0.25) is 0 Å². The molecule has 0 radical (unpaired) electrons. The molecule has 4 rings (SSSR count). The summed E-state index contributed by atoms with van der Waals surface area (Å²) in [4.78, 5) is 2.07. The van der Waals surface area contributed by atoms with Gasteiger partial charge in [-0.25, -0.2) is 0 Å². The van der Waals surface area contributed by atoms with Crippen molar-refractivity contribution in [2.75, 3.05) is 12.0 Å². The van der Waals surface area contributed by atoms with Crippen LogP contribution in [0.5, 0.6) is 11.5 Å². The number of nitrogens with one attached hydrogen (secondary N) is 1. The Morgan fingerprint density at radius 3 is 2.67 bits per heavy atom. The van der Waals surface area contributed by atoms with Crippen LogP contribution in [0.1, 0.15) is 12.5 Å². The van der Waals surface area contributed by atoms with Crippen LogP contribution in [0.3, 0.4) is 0 Å². The minimum absolute atomic E-state index is 0.478. The number of ether oxygens (including phenoxy) is 2. The Bertz CT molecular complexity index is 727. The zero-order valence-electron chi connectivity index (χ0n) is 11.8. The number of nitrogens with zero attached hydrogens (tertiary/aromatic N) is 2. The smallest absolute Gasteiger partial charge is 0.321 e. The number of hydrogen-bond donors (Lipinski definition) is 1. The molecular formula is C16H15N3O2. The first kappa shape index (κ1) is 12.1. The molecule has 2 aliphatic rings. The Labute approximate surface area is 122 Å². The third-order valence-corrected chi connectivity index (χ3v) is 3.97. The highest BCUT2D eigenvalue weighted by Crippen LogP contribution is 2.44. The van der Waals surface area contributed by atoms with E-state index in [1.807, 2.05) is 48.5 Å². The molecule has 0 spiro atoms. The van der Waals surface area contributed by atoms with Crippen molar-refractivity contribution in [1.29, 1.82) is 0 Å². The average molecular weight is 281 g/mol. The molecule has 0 unspecified atom stereocenters. The van der Waals surface area contributed by atoms with E-state index in [9.17, 15) is 0 Å². The predicted octanol–water partition coefficient (Wildman–Crippen LogP) is 2.64. The SMILES string of the molecule is COc1ccc([C@@]2(C)NN=C3Oc4ccccc4N32)cc1. The van der Waals surface area contributed by atoms with E-state index in [1.54, 1.807) is 7.11 Å². The molecule has 0 saturated heterocycles. The second kappa shape index (κ2) is 4.15. The summed E-state index contributed by atoms with van der Waals surface area (Å²) in [5.41, 5.74) is 4.80. The maximum atomic E-state index is 5.78. The van der Waals surface area contributed by atoms with Crippen molar-refractivity contribution in [2.24, 2.45) is 5.10 Å². The Kier molecular flexibility index (Phi) is 2.39. The highest BCUT2D eigenvalue weighted by Gasteiger charge is 2.47. The lowest BCUT2D eigenvalue weighted by atomic mass is 10.00. The van der Waals surface area contributed by atoms with Gasteiger partial charge in [-0.15, -0.1) is 5.10 Å². The molecule has 0 saturated carbocycles. The minimum atomic E-state index is -0.478. The predicted molar refractivity (Wildman–Crippen MR) is 80.5 cm³/mol. The van der Waals surface area contributed by atoms with E-state index < -0.39 is 5.66 Å². The van der Waals surface area contributed by atoms with E-state index in [2.05, 4.69) is 22.4 Å². The Morgan fingerprint density at radius 2 is 1.90 bits per heavy atom. The van der Waals surface area contributed by atoms with Crippen molar-refractivity contribution in [2.45, 2.75) is 12.6 Å². The zero-order chi connectivity index (χ0) is 14.4. The van der Waals surface area contributed by atoms with Crippen LogP contribution < -0.4 is 19.8 Å². The zero-order valence-corrected chi connectivity index (χ0v) is 11.8. The van der Waals surface area contributed by atoms with E-state index in [4.69, 9.17) is 9.47 Å². The van der Waals surface area contributed by atoms with Crippen LogP contribution in [0.2, 0.25) is 0 Å². The fourth-order valence-corrected chi connectivity index (χ4v) is 2.80. The summed E-state index contributed by atoms with van der Waals surface area (Å²) in [5.74, 6) is 1.66. The normalized spacial score (nSPS) is 22.0. The van der Waals surface area contributed by atoms with Crippen LogP contribution in [0.15, 0.2) is 53.6 Å². The van der Waals surface area contributed by atoms with Gasteiger partial charge in [0.05, 0.1) is 12.8 Å². The van der Waals surface area contributed by atoms with Crippen molar-refractivity contribution in [1.82, 2.24) is 5.43 Å². The van der Waals surface area contributed by atoms with Crippen LogP contribution in [0, 0.1) is 0 Å². The first-order valence-electron chi connectivity index (χ1n) is 6.79. The lowest BCUT2D eigenvalue weighted by Crippen LogP contribution is -2.48. The molecule has 2 heterocycles. The molecule has 1 atom stereocenters. The standard InChI is InChI=1S/C16H15N3O2/c1-16(11-7-9-12(20-2)10-8-11)18-17-15-19(16)13-5-3-4-6-14(13)21-15/h3-10,18H,1-2H3/t16-/m0/s1. The Hall–Kier alpha value is -2.69. The summed E-state index contributed by atoms with van der Waals surface area (Å²) in [6, 6.07) is 16.5. The van der Waals surface area contributed by atoms with Gasteiger partial charge in [0.25, 0.3) is 0 Å². The van der Waals surface area contributed by atoms with Gasteiger partial charge in [-0.3, -0.25) is 10.3 Å². The van der Waals surface area contributed by atoms with Crippen LogP contribution in [0.4, 0.5) is 5.69 Å². The van der Waals surface area contributed by atoms with Gasteiger partial charge in [-0.2, -0.15) is 0 Å². The molecule has 5 nitrogen and oxygen atoms in total. The number of hydrazone groups is 1. The highest BCUT2D eigenvalue weighted by atomic mass is 16.5. The molecule has 1 N–H and O–H groups in total. The van der Waals surface area contributed by atoms with Crippen LogP contribution in [-0.2, 0) is 5.66 Å². The third kappa shape index (κ3) is 1.60. The first-order valence-corrected chi connectivity index (χ1v) is 6.79. The van der Waals surface area contributed by atoms with Crippen molar-refractivity contribution >= 4 is 11.7 Å². The molecule has 0 aliphatic carbocycles. The lowest BCUT2D eigenvalue weighted by Gasteiger charge is -2.33. The second-order valence-corrected chi connectivity index (χ2v) is 5.21. The molecule has 0 aromatic heterocycles. The molecule has 2 aliphatic heterocycles. The number of amidine groups is 1. The number of hydrogen-bond acceptors (Lipinski definition) is 5. The maximum Gasteiger partial charge on any atom is 0.321 e. The quantitative estimate of drug-likeness (QED) is 0.919. The minimum Gasteiger partial charge on any atom is -0.497 e. The Balaban J connectivity index is 1.79. The number of fused-ring (bicyclic) bond motifs is 3. The van der Waals surface area contributed by atoms with E-state index in [1.165, 1.54) is 0 Å². The van der Waals surface area contributed by atoms with Crippen molar-refractivity contribution in [3.8, 4) is 11.5 Å². The number of methoxy groups -OCH3 is 1. The molecule has 0 fully saturated rings. The average Bonchev–Trinajstić information content (AvgIpc) is 3.06. The highest BCUT2D eigenvalue weighted by molar-refractivity contribution is 6.02. The van der Waals surface area contributed by atoms with Gasteiger partial charge in [-0.05, 0) is 36.8 Å². The monoisotopic (exact) mass is 281 g/mol. The second-order valence-electron chi connectivity index (χ2n) is 5.21. The summed E-state index contributed by atoms with van der Waals surface area (Å²) in [5, 5.41) is 4.32. The van der Waals surface area contributed by atoms with Gasteiger partial charge in [-0.1, -0.05) is 24.3 Å². The topological polar surface area (TPSA) is 46.1 Å². The van der Waals surface area contributed by atoms with Crippen LogP contribution in [0.25, 0.3) is 0 Å². The van der Waals surface area contributed by atoms with Gasteiger partial charge in [0.15, 0.2) is 11.4 Å². The number of anilines is 1. The molecule has 21 heavy (non-hydrogen) atoms. The van der Waals surface area contributed by atoms with Crippen LogP contribution in [-0.4, -0.2) is 13.1 Å². The van der Waals surface area contributed by atoms with E-state index >= 15 is 0 Å². The maximum absolute atomic E-state index is 5.78. The van der Waals surface area contributed by atoms with Crippen molar-refractivity contribution < 1.29 is 9.47 Å². The van der Waals surface area contributed by atoms with E-state index in [0.717, 1.165) is 22.7 Å². The van der Waals surface area contributed by atoms with Crippen molar-refractivity contribution in [3.05, 3.63) is 54.1 Å². The first-order chi connectivity index (χ1) is 10.2. The Morgan fingerprint density at radius 1 is 1.14 bits per heavy atom. The summed E-state index contributed by atoms with van der Waals surface area (Å²) in [7, 11) is 1.66. The van der Waals surface area contributed by atoms with Gasteiger partial charge in [0.1, 0.15) is 5.75 Å². The number of rotatable bonds is 2. The number of para-hydroxylation sites is 2. The van der Waals surface area contributed by atoms with Crippen molar-refractivity contribution in [3.63, 3.8) is 0 Å². The molecule has 2 aromatic carbocycles. The molecule has 2 aromatic rings. The number of benzene rings is 2. The summed E-state index contributed by atoms with van der Waals surface area (Å²) in [6.45, 7) is 2.08. The lowest BCUT2D eigenvalue weighted by molar-refractivity contribution is 0.408. The molecular weight excluding hydrogens is 266 g/mol. The molecule has 0 amide bonds. The fourth-order valence-electron chi connectivity index (χ4n) is 2.80. The summed E-state index contributed by atoms with van der Waals surface area (Å²) in [6.07, 6.45) is 0. The van der Waals surface area contributed by atoms with Gasteiger partial charge in [0, 0.05) is 0 Å². The van der Waals surface area contributed by atoms with Gasteiger partial charge >= 0.3 is 6.02 Å². The molecule has 106 valence electrons. The third-order valence-electron chi connectivity index (χ3n) is 3.97. The fraction of sp³-hybridized carbons (Fsp3) is 0.188. The molecule has 0 bridgehead atoms. The van der Waals surface area contributed by atoms with Gasteiger partial charge < -0.3 is 9.47 Å². The van der Waals surface area contributed by atoms with E-state index in [-0.39, 0.29) is 0 Å².